The van der Waals surface area contributed by atoms with E-state index in [-0.39, 0.29) is 17.3 Å². The lowest BCUT2D eigenvalue weighted by atomic mass is 10.0. The van der Waals surface area contributed by atoms with E-state index in [4.69, 9.17) is 4.74 Å². The fraction of sp³-hybridized carbons (Fsp3) is 0.200. The van der Waals surface area contributed by atoms with E-state index in [0.717, 1.165) is 24.5 Å². The molecule has 0 N–H and O–H groups in total. The minimum Gasteiger partial charge on any atom is -0.363 e. The Kier molecular flexibility index (Phi) is 6.27. The predicted octanol–water partition coefficient (Wildman–Crippen LogP) is 5.16. The summed E-state index contributed by atoms with van der Waals surface area (Å²) in [6.07, 6.45) is 6.97. The van der Waals surface area contributed by atoms with Crippen molar-refractivity contribution in [3.05, 3.63) is 84.6 Å². The molecule has 2 aromatic heterocycles. The average Bonchev–Trinajstić information content (AvgIpc) is 3.63. The molecule has 0 spiro atoms. The first-order chi connectivity index (χ1) is 17.3. The number of rotatable bonds is 8. The zero-order chi connectivity index (χ0) is 25.4. The maximum atomic E-state index is 16.1. The first kappa shape index (κ1) is 24.0. The Morgan fingerprint density at radius 3 is 2.50 bits per heavy atom. The Morgan fingerprint density at radius 2 is 1.81 bits per heavy atom. The molecule has 1 aliphatic carbocycles. The van der Waals surface area contributed by atoms with Crippen LogP contribution in [-0.2, 0) is 14.8 Å². The van der Waals surface area contributed by atoms with Crippen molar-refractivity contribution in [1.82, 2.24) is 14.8 Å². The number of anilines is 1. The van der Waals surface area contributed by atoms with Crippen LogP contribution in [-0.4, -0.2) is 37.0 Å². The molecule has 0 aliphatic heterocycles. The third kappa shape index (κ3) is 4.35. The molecule has 2 aromatic carbocycles. The number of pyridine rings is 1. The van der Waals surface area contributed by atoms with Crippen LogP contribution in [0.25, 0.3) is 22.4 Å². The van der Waals surface area contributed by atoms with Crippen LogP contribution in [0, 0.1) is 17.5 Å². The molecule has 0 saturated heterocycles. The molecule has 1 fully saturated rings. The van der Waals surface area contributed by atoms with Crippen molar-refractivity contribution < 1.29 is 26.3 Å². The number of aromatic nitrogens is 3. The number of hydrogen-bond donors (Lipinski definition) is 0. The standard InChI is InChI=1S/C25H21F3N4O3S/c1-35-15-32(36(33,34)23-13-17(26)5-8-21(23)27)22-4-2-3-19(24(22)28)25-20(16-9-11-29-12-10-16)14-31(30-25)18-6-7-18/h2-5,8-14,18H,6-7,15H2,1H3. The molecule has 4 aromatic rings. The summed E-state index contributed by atoms with van der Waals surface area (Å²) in [5.41, 5.74) is 1.39. The van der Waals surface area contributed by atoms with Gasteiger partial charge in [0, 0.05) is 36.8 Å². The lowest BCUT2D eigenvalue weighted by Gasteiger charge is -2.25. The molecule has 2 heterocycles. The first-order valence-corrected chi connectivity index (χ1v) is 12.5. The number of nitrogens with zero attached hydrogens (tertiary/aromatic N) is 4. The second-order valence-electron chi connectivity index (χ2n) is 8.32. The Morgan fingerprint density at radius 1 is 1.06 bits per heavy atom. The fourth-order valence-corrected chi connectivity index (χ4v) is 5.39. The zero-order valence-electron chi connectivity index (χ0n) is 19.1. The second kappa shape index (κ2) is 9.40. The largest absolute Gasteiger partial charge is 0.363 e. The molecule has 7 nitrogen and oxygen atoms in total. The second-order valence-corrected chi connectivity index (χ2v) is 10.2. The van der Waals surface area contributed by atoms with Gasteiger partial charge in [0.05, 0.1) is 11.7 Å². The molecule has 0 atom stereocenters. The highest BCUT2D eigenvalue weighted by molar-refractivity contribution is 7.92. The van der Waals surface area contributed by atoms with Crippen molar-refractivity contribution in [2.75, 3.05) is 18.1 Å². The van der Waals surface area contributed by atoms with E-state index in [9.17, 15) is 17.2 Å². The monoisotopic (exact) mass is 514 g/mol. The fourth-order valence-electron chi connectivity index (χ4n) is 3.93. The van der Waals surface area contributed by atoms with E-state index >= 15 is 4.39 Å². The highest BCUT2D eigenvalue weighted by atomic mass is 32.2. The lowest BCUT2D eigenvalue weighted by Crippen LogP contribution is -2.34. The summed E-state index contributed by atoms with van der Waals surface area (Å²) >= 11 is 0. The number of methoxy groups -OCH3 is 1. The van der Waals surface area contributed by atoms with E-state index in [2.05, 4.69) is 10.1 Å². The van der Waals surface area contributed by atoms with Crippen LogP contribution in [0.3, 0.4) is 0 Å². The van der Waals surface area contributed by atoms with E-state index in [0.29, 0.717) is 27.7 Å². The van der Waals surface area contributed by atoms with E-state index in [1.54, 1.807) is 29.2 Å². The van der Waals surface area contributed by atoms with Gasteiger partial charge in [-0.2, -0.15) is 5.10 Å². The van der Waals surface area contributed by atoms with Gasteiger partial charge in [0.2, 0.25) is 0 Å². The molecular weight excluding hydrogens is 493 g/mol. The Labute approximate surface area is 205 Å². The summed E-state index contributed by atoms with van der Waals surface area (Å²) in [7, 11) is -3.52. The van der Waals surface area contributed by atoms with Gasteiger partial charge in [-0.3, -0.25) is 9.67 Å². The number of hydrogen-bond acceptors (Lipinski definition) is 5. The number of ether oxygens (including phenoxy) is 1. The molecule has 0 unspecified atom stereocenters. The topological polar surface area (TPSA) is 77.3 Å². The average molecular weight is 515 g/mol. The van der Waals surface area contributed by atoms with Gasteiger partial charge in [0.25, 0.3) is 10.0 Å². The van der Waals surface area contributed by atoms with Gasteiger partial charge < -0.3 is 4.74 Å². The van der Waals surface area contributed by atoms with Crippen molar-refractivity contribution in [3.8, 4) is 22.4 Å². The van der Waals surface area contributed by atoms with Crippen molar-refractivity contribution >= 4 is 15.7 Å². The molecule has 5 rings (SSSR count). The third-order valence-electron chi connectivity index (χ3n) is 5.85. The van der Waals surface area contributed by atoms with Crippen LogP contribution >= 0.6 is 0 Å². The number of benzene rings is 2. The van der Waals surface area contributed by atoms with Crippen molar-refractivity contribution in [2.45, 2.75) is 23.8 Å². The van der Waals surface area contributed by atoms with E-state index in [1.807, 2.05) is 6.20 Å². The van der Waals surface area contributed by atoms with Gasteiger partial charge in [-0.1, -0.05) is 6.07 Å². The van der Waals surface area contributed by atoms with Crippen molar-refractivity contribution in [3.63, 3.8) is 0 Å². The Balaban J connectivity index is 1.66. The maximum Gasteiger partial charge on any atom is 0.269 e. The molecule has 1 saturated carbocycles. The number of halogens is 3. The van der Waals surface area contributed by atoms with Crippen LogP contribution < -0.4 is 4.31 Å². The summed E-state index contributed by atoms with van der Waals surface area (Å²) in [4.78, 5) is 3.10. The van der Waals surface area contributed by atoms with Gasteiger partial charge in [-0.15, -0.1) is 0 Å². The molecule has 0 radical (unpaired) electrons. The van der Waals surface area contributed by atoms with Gasteiger partial charge in [0.15, 0.2) is 5.82 Å². The van der Waals surface area contributed by atoms with Crippen LogP contribution in [0.15, 0.2) is 72.0 Å². The number of sulfonamides is 1. The highest BCUT2D eigenvalue weighted by Crippen LogP contribution is 2.41. The van der Waals surface area contributed by atoms with Gasteiger partial charge in [-0.25, -0.2) is 25.9 Å². The van der Waals surface area contributed by atoms with E-state index in [1.165, 1.54) is 25.3 Å². The summed E-state index contributed by atoms with van der Waals surface area (Å²) in [6.45, 7) is -0.633. The van der Waals surface area contributed by atoms with Gasteiger partial charge in [0.1, 0.15) is 29.0 Å². The van der Waals surface area contributed by atoms with Crippen LogP contribution in [0.4, 0.5) is 18.9 Å². The lowest BCUT2D eigenvalue weighted by molar-refractivity contribution is 0.209. The predicted molar refractivity (Wildman–Crippen MR) is 127 cm³/mol. The van der Waals surface area contributed by atoms with Crippen LogP contribution in [0.2, 0.25) is 0 Å². The zero-order valence-corrected chi connectivity index (χ0v) is 19.9. The molecule has 0 bridgehead atoms. The molecule has 0 amide bonds. The molecule has 36 heavy (non-hydrogen) atoms. The molecule has 11 heteroatoms. The Bertz CT molecular complexity index is 1520. The molecule has 186 valence electrons. The van der Waals surface area contributed by atoms with Crippen LogP contribution in [0.1, 0.15) is 18.9 Å². The third-order valence-corrected chi connectivity index (χ3v) is 7.61. The summed E-state index contributed by atoms with van der Waals surface area (Å²) < 4.78 is 78.3. The van der Waals surface area contributed by atoms with Crippen molar-refractivity contribution in [2.24, 2.45) is 0 Å². The summed E-state index contributed by atoms with van der Waals surface area (Å²) in [5, 5.41) is 4.62. The SMILES string of the molecule is COCN(c1cccc(-c2nn(C3CC3)cc2-c2ccncc2)c1F)S(=O)(=O)c1cc(F)ccc1F. The van der Waals surface area contributed by atoms with Gasteiger partial charge in [-0.05, 0) is 60.9 Å². The van der Waals surface area contributed by atoms with Crippen molar-refractivity contribution in [1.29, 1.82) is 0 Å². The molecule has 1 aliphatic rings. The van der Waals surface area contributed by atoms with Crippen LogP contribution in [0.5, 0.6) is 0 Å². The normalized spacial score (nSPS) is 13.7. The Hall–Kier alpha value is -3.70. The maximum absolute atomic E-state index is 16.1. The summed E-state index contributed by atoms with van der Waals surface area (Å²) in [5.74, 6) is -3.02. The highest BCUT2D eigenvalue weighted by Gasteiger charge is 2.32. The first-order valence-electron chi connectivity index (χ1n) is 11.1. The smallest absolute Gasteiger partial charge is 0.269 e. The minimum absolute atomic E-state index is 0.0507. The van der Waals surface area contributed by atoms with E-state index < -0.39 is 39.1 Å². The summed E-state index contributed by atoms with van der Waals surface area (Å²) in [6, 6.07) is 10.0. The van der Waals surface area contributed by atoms with Gasteiger partial charge >= 0.3 is 0 Å². The quantitative estimate of drug-likeness (QED) is 0.304. The molecular formula is C25H21F3N4O3S. The minimum atomic E-state index is -4.73.